The summed E-state index contributed by atoms with van der Waals surface area (Å²) in [6.45, 7) is 0. The van der Waals surface area contributed by atoms with Gasteiger partial charge in [0, 0.05) is 10.8 Å². The molecule has 0 aliphatic rings. The maximum absolute atomic E-state index is 9.37. The molecule has 47 heavy (non-hydrogen) atoms. The molecule has 0 saturated heterocycles. The summed E-state index contributed by atoms with van der Waals surface area (Å²) in [5.74, 6) is 0. The molecule has 0 bridgehead atoms. The van der Waals surface area contributed by atoms with Crippen molar-refractivity contribution in [2.45, 2.75) is 0 Å². The van der Waals surface area contributed by atoms with E-state index >= 15 is 0 Å². The molecule has 0 saturated carbocycles. The van der Waals surface area contributed by atoms with Crippen molar-refractivity contribution < 1.29 is 25.0 Å². The van der Waals surface area contributed by atoms with Crippen LogP contribution in [0.5, 0.6) is 0 Å². The molecular weight excluding hydrogens is 569 g/mol. The van der Waals surface area contributed by atoms with Crippen LogP contribution in [-0.2, 0) is 0 Å². The van der Waals surface area contributed by atoms with Crippen LogP contribution >= 0.6 is 0 Å². The van der Waals surface area contributed by atoms with Gasteiger partial charge in [-0.1, -0.05) is 157 Å². The fourth-order valence-corrected chi connectivity index (χ4v) is 6.81. The van der Waals surface area contributed by atoms with Gasteiger partial charge >= 0.3 is 0 Å². The molecule has 0 N–H and O–H groups in total. The smallest absolute Gasteiger partial charge is 0.136 e. The van der Waals surface area contributed by atoms with E-state index in [0.29, 0.717) is 16.7 Å². The third kappa shape index (κ3) is 3.90. The quantitative estimate of drug-likeness (QED) is 0.181. The summed E-state index contributed by atoms with van der Waals surface area (Å²) in [6, 6.07) is 14.5. The second-order valence-electron chi connectivity index (χ2n) is 11.3. The predicted molar refractivity (Wildman–Crippen MR) is 200 cm³/mol. The Labute approximate surface area is 293 Å². The third-order valence-corrected chi connectivity index (χ3v) is 8.81. The first-order valence-electron chi connectivity index (χ1n) is 22.5. The van der Waals surface area contributed by atoms with Gasteiger partial charge in [0.15, 0.2) is 0 Å². The highest BCUT2D eigenvalue weighted by atomic mass is 16.3. The maximum Gasteiger partial charge on any atom is 0.136 e. The molecule has 1 heterocycles. The Morgan fingerprint density at radius 2 is 0.979 bits per heavy atom. The van der Waals surface area contributed by atoms with Crippen molar-refractivity contribution in [1.29, 1.82) is 0 Å². The number of hydrogen-bond donors (Lipinski definition) is 0. The molecule has 0 radical (unpaired) electrons. The van der Waals surface area contributed by atoms with E-state index < -0.39 is 107 Å². The molecular formula is C46H28O. The lowest BCUT2D eigenvalue weighted by Crippen LogP contribution is -1.91. The minimum absolute atomic E-state index is 0.0308. The van der Waals surface area contributed by atoms with Crippen LogP contribution in [0.1, 0.15) is 20.6 Å². The lowest BCUT2D eigenvalue weighted by Gasteiger charge is -2.19. The molecule has 9 aromatic carbocycles. The Morgan fingerprint density at radius 1 is 0.362 bits per heavy atom. The zero-order chi connectivity index (χ0) is 44.0. The Balaban J connectivity index is 1.37. The average Bonchev–Trinajstić information content (AvgIpc) is 3.68. The lowest BCUT2D eigenvalue weighted by atomic mass is 9.84. The molecule has 0 amide bonds. The van der Waals surface area contributed by atoms with Gasteiger partial charge in [-0.15, -0.1) is 0 Å². The molecule has 10 aromatic rings. The molecule has 0 spiro atoms. The van der Waals surface area contributed by atoms with Crippen LogP contribution in [0, 0.1) is 0 Å². The van der Waals surface area contributed by atoms with Gasteiger partial charge in [-0.25, -0.2) is 0 Å². The number of rotatable bonds is 3. The molecule has 218 valence electrons. The van der Waals surface area contributed by atoms with Crippen LogP contribution in [0.4, 0.5) is 0 Å². The Kier molecular flexibility index (Phi) is 3.33. The van der Waals surface area contributed by atoms with E-state index in [1.165, 1.54) is 0 Å². The van der Waals surface area contributed by atoms with Gasteiger partial charge in [-0.2, -0.15) is 0 Å². The van der Waals surface area contributed by atoms with Gasteiger partial charge < -0.3 is 4.42 Å². The monoisotopic (exact) mass is 611 g/mol. The van der Waals surface area contributed by atoms with E-state index in [1.54, 1.807) is 12.1 Å². The van der Waals surface area contributed by atoms with E-state index in [1.807, 2.05) is 66.7 Å². The van der Waals surface area contributed by atoms with Gasteiger partial charge in [0.1, 0.15) is 11.2 Å². The fourth-order valence-electron chi connectivity index (χ4n) is 6.81. The molecule has 10 rings (SSSR count). The van der Waals surface area contributed by atoms with E-state index in [4.69, 9.17) is 18.1 Å². The molecule has 0 unspecified atom stereocenters. The highest BCUT2D eigenvalue weighted by Gasteiger charge is 2.19. The van der Waals surface area contributed by atoms with Crippen LogP contribution < -0.4 is 0 Å². The van der Waals surface area contributed by atoms with E-state index in [2.05, 4.69) is 0 Å². The van der Waals surface area contributed by atoms with Crippen molar-refractivity contribution in [3.05, 3.63) is 169 Å². The zero-order valence-corrected chi connectivity index (χ0v) is 24.4. The number of furan rings is 1. The van der Waals surface area contributed by atoms with Gasteiger partial charge in [-0.3, -0.25) is 0 Å². The summed E-state index contributed by atoms with van der Waals surface area (Å²) < 4.78 is 140. The van der Waals surface area contributed by atoms with Crippen LogP contribution in [-0.4, -0.2) is 0 Å². The summed E-state index contributed by atoms with van der Waals surface area (Å²) >= 11 is 0. The molecule has 1 heteroatoms. The van der Waals surface area contributed by atoms with Crippen molar-refractivity contribution in [3.8, 4) is 33.4 Å². The van der Waals surface area contributed by atoms with E-state index in [9.17, 15) is 6.85 Å². The Hall–Kier alpha value is -6.18. The summed E-state index contributed by atoms with van der Waals surface area (Å²) in [4.78, 5) is 0. The minimum Gasteiger partial charge on any atom is -0.456 e. The van der Waals surface area contributed by atoms with Crippen molar-refractivity contribution >= 4 is 65.0 Å². The fraction of sp³-hybridized carbons (Fsp3) is 0. The Bertz CT molecular complexity index is 3600. The highest BCUT2D eigenvalue weighted by molar-refractivity contribution is 6.24. The molecule has 0 aliphatic heterocycles. The van der Waals surface area contributed by atoms with Crippen molar-refractivity contribution in [2.24, 2.45) is 0 Å². The van der Waals surface area contributed by atoms with Crippen LogP contribution in [0.3, 0.4) is 0 Å². The first-order valence-corrected chi connectivity index (χ1v) is 15.0. The summed E-state index contributed by atoms with van der Waals surface area (Å²) in [6.07, 6.45) is 0. The lowest BCUT2D eigenvalue weighted by molar-refractivity contribution is 0.669. The summed E-state index contributed by atoms with van der Waals surface area (Å²) in [7, 11) is 0. The highest BCUT2D eigenvalue weighted by Crippen LogP contribution is 2.46. The normalized spacial score (nSPS) is 16.3. The number of benzene rings is 9. The molecule has 1 aromatic heterocycles. The minimum atomic E-state index is -0.756. The molecule has 0 atom stereocenters. The van der Waals surface area contributed by atoms with Crippen molar-refractivity contribution in [1.82, 2.24) is 0 Å². The molecule has 0 fully saturated rings. The van der Waals surface area contributed by atoms with E-state index in [0.717, 1.165) is 32.7 Å². The topological polar surface area (TPSA) is 13.1 Å². The second-order valence-corrected chi connectivity index (χ2v) is 11.3. The van der Waals surface area contributed by atoms with Gasteiger partial charge in [-0.05, 0) is 88.6 Å². The predicted octanol–water partition coefficient (Wildman–Crippen LogP) is 13.2. The summed E-state index contributed by atoms with van der Waals surface area (Å²) in [5.41, 5.74) is 2.52. The van der Waals surface area contributed by atoms with Crippen LogP contribution in [0.25, 0.3) is 98.4 Å². The standard InChI is InChI=1S/C46H28O/c1-3-14-33-29(11-1)13-9-21-36(33)44-39-18-7-5-16-37(39)43(38-17-6-8-19-40(38)44)32-25-23-31(24-26-32)35-20-10-22-41-45(35)46-34-15-4-2-12-30(34)27-28-42(46)47-41/h1-28H/i1D,3D,5D,6D,7D,8D,9D,11D,13D,14D,16D,17D,18D,19D,21D. The first-order chi connectivity index (χ1) is 29.6. The van der Waals surface area contributed by atoms with Gasteiger partial charge in [0.2, 0.25) is 0 Å². The van der Waals surface area contributed by atoms with Gasteiger partial charge in [0.25, 0.3) is 0 Å². The van der Waals surface area contributed by atoms with Crippen LogP contribution in [0.15, 0.2) is 174 Å². The maximum atomic E-state index is 9.37. The van der Waals surface area contributed by atoms with Crippen molar-refractivity contribution in [3.63, 3.8) is 0 Å². The third-order valence-electron chi connectivity index (χ3n) is 8.81. The SMILES string of the molecule is [2H]c1c([2H])c([2H])c2c(-c3c4c([2H])c([2H])c([2H])c([2H])c4c(-c4ccc(-c5cccc6oc7ccc8ccccc8c7c56)cc4)c4c([2H])c([2H])c([2H])c([2H])c34)c([2H])c([2H])c([2H])c2c1[2H]. The van der Waals surface area contributed by atoms with Gasteiger partial charge in [0.05, 0.1) is 20.6 Å². The van der Waals surface area contributed by atoms with Crippen molar-refractivity contribution in [2.75, 3.05) is 0 Å². The zero-order valence-electron chi connectivity index (χ0n) is 39.4. The second kappa shape index (κ2) is 10.2. The number of hydrogen-bond acceptors (Lipinski definition) is 1. The molecule has 0 aliphatic carbocycles. The molecule has 1 nitrogen and oxygen atoms in total. The largest absolute Gasteiger partial charge is 0.456 e. The average molecular weight is 612 g/mol. The number of fused-ring (bicyclic) bond motifs is 8. The summed E-state index contributed by atoms with van der Waals surface area (Å²) in [5, 5.41) is 2.05. The van der Waals surface area contributed by atoms with E-state index in [-0.39, 0.29) is 32.7 Å². The Morgan fingerprint density at radius 3 is 1.74 bits per heavy atom. The van der Waals surface area contributed by atoms with Crippen LogP contribution in [0.2, 0.25) is 0 Å². The first kappa shape index (κ1) is 15.4.